The van der Waals surface area contributed by atoms with E-state index >= 15 is 0 Å². The number of fused-ring (bicyclic) bond motifs is 1. The molecule has 20 heavy (non-hydrogen) atoms. The number of aromatic amines is 1. The maximum absolute atomic E-state index is 5.82. The van der Waals surface area contributed by atoms with Crippen molar-refractivity contribution in [3.05, 3.63) is 23.0 Å². The normalized spacial score (nSPS) is 21.3. The number of aromatic nitrogens is 2. The lowest BCUT2D eigenvalue weighted by Crippen LogP contribution is -1.97. The molecule has 1 heterocycles. The van der Waals surface area contributed by atoms with Crippen LogP contribution in [0.25, 0.3) is 11.0 Å². The van der Waals surface area contributed by atoms with Gasteiger partial charge in [-0.1, -0.05) is 26.3 Å². The molecule has 3 rings (SSSR count). The second-order valence-electron chi connectivity index (χ2n) is 5.65. The van der Waals surface area contributed by atoms with Crippen LogP contribution >= 0.6 is 12.2 Å². The van der Waals surface area contributed by atoms with Gasteiger partial charge in [0.15, 0.2) is 4.77 Å². The van der Waals surface area contributed by atoms with Crippen LogP contribution in [0.2, 0.25) is 0 Å². The summed E-state index contributed by atoms with van der Waals surface area (Å²) >= 11 is 5.53. The Morgan fingerprint density at radius 3 is 2.95 bits per heavy atom. The number of H-pyrrole nitrogens is 1. The highest BCUT2D eigenvalue weighted by atomic mass is 32.1. The first-order valence-electron chi connectivity index (χ1n) is 7.62. The fraction of sp³-hybridized carbons (Fsp3) is 0.562. The van der Waals surface area contributed by atoms with E-state index in [0.29, 0.717) is 6.04 Å². The third-order valence-corrected chi connectivity index (χ3v) is 4.35. The molecule has 0 amide bonds. The third-order valence-electron chi connectivity index (χ3n) is 4.05. The van der Waals surface area contributed by atoms with E-state index in [2.05, 4.69) is 35.5 Å². The fourth-order valence-corrected chi connectivity index (χ4v) is 3.35. The van der Waals surface area contributed by atoms with Crippen molar-refractivity contribution >= 4 is 23.3 Å². The summed E-state index contributed by atoms with van der Waals surface area (Å²) in [6.45, 7) is 5.11. The number of benzene rings is 1. The first kappa shape index (κ1) is 13.7. The monoisotopic (exact) mass is 290 g/mol. The number of hydrogen-bond donors (Lipinski definition) is 1. The highest BCUT2D eigenvalue weighted by molar-refractivity contribution is 7.71. The smallest absolute Gasteiger partial charge is 0.178 e. The van der Waals surface area contributed by atoms with Gasteiger partial charge in [-0.25, -0.2) is 0 Å². The zero-order chi connectivity index (χ0) is 14.1. The molecule has 108 valence electrons. The van der Waals surface area contributed by atoms with Gasteiger partial charge in [0.05, 0.1) is 12.1 Å². The number of rotatable bonds is 6. The number of nitrogens with one attached hydrogen (secondary N) is 1. The Morgan fingerprint density at radius 1 is 1.35 bits per heavy atom. The highest BCUT2D eigenvalue weighted by Gasteiger charge is 2.39. The van der Waals surface area contributed by atoms with Crippen molar-refractivity contribution in [2.24, 2.45) is 5.92 Å². The van der Waals surface area contributed by atoms with Crippen molar-refractivity contribution in [2.75, 3.05) is 6.61 Å². The number of nitrogens with zero attached hydrogens (tertiary/aromatic N) is 1. The molecule has 0 saturated heterocycles. The van der Waals surface area contributed by atoms with Crippen molar-refractivity contribution in [1.82, 2.24) is 9.55 Å². The molecule has 1 aromatic heterocycles. The molecule has 0 aliphatic heterocycles. The van der Waals surface area contributed by atoms with Gasteiger partial charge in [-0.3, -0.25) is 0 Å². The van der Waals surface area contributed by atoms with Crippen molar-refractivity contribution in [1.29, 1.82) is 0 Å². The summed E-state index contributed by atoms with van der Waals surface area (Å²) in [5, 5.41) is 0. The summed E-state index contributed by atoms with van der Waals surface area (Å²) < 4.78 is 8.95. The number of hydrogen-bond acceptors (Lipinski definition) is 2. The zero-order valence-electron chi connectivity index (χ0n) is 12.2. The summed E-state index contributed by atoms with van der Waals surface area (Å²) in [5.41, 5.74) is 2.24. The van der Waals surface area contributed by atoms with Crippen LogP contribution in [0.5, 0.6) is 5.75 Å². The predicted molar refractivity (Wildman–Crippen MR) is 85.0 cm³/mol. The summed E-state index contributed by atoms with van der Waals surface area (Å²) in [4.78, 5) is 3.34. The Kier molecular flexibility index (Phi) is 3.83. The molecule has 0 spiro atoms. The second kappa shape index (κ2) is 5.60. The van der Waals surface area contributed by atoms with Gasteiger partial charge in [-0.2, -0.15) is 0 Å². The van der Waals surface area contributed by atoms with E-state index in [9.17, 15) is 0 Å². The number of ether oxygens (including phenoxy) is 1. The van der Waals surface area contributed by atoms with Crippen LogP contribution < -0.4 is 4.74 Å². The Hall–Kier alpha value is -1.29. The molecular formula is C16H22N2OS. The molecule has 1 aromatic carbocycles. The first-order valence-corrected chi connectivity index (χ1v) is 8.03. The fourth-order valence-electron chi connectivity index (χ4n) is 3.01. The van der Waals surface area contributed by atoms with Gasteiger partial charge in [-0.15, -0.1) is 0 Å². The van der Waals surface area contributed by atoms with Gasteiger partial charge in [0, 0.05) is 6.04 Å². The SMILES string of the molecule is CCCOc1cccc2c1[nH]c(=S)n2C1CC1CCC. The number of para-hydroxylation sites is 1. The summed E-state index contributed by atoms with van der Waals surface area (Å²) in [6.07, 6.45) is 4.82. The maximum Gasteiger partial charge on any atom is 0.178 e. The molecular weight excluding hydrogens is 268 g/mol. The molecule has 2 unspecified atom stereocenters. The van der Waals surface area contributed by atoms with Crippen molar-refractivity contribution in [3.8, 4) is 5.75 Å². The minimum atomic E-state index is 0.581. The summed E-state index contributed by atoms with van der Waals surface area (Å²) in [5.74, 6) is 1.72. The van der Waals surface area contributed by atoms with E-state index in [0.717, 1.165) is 35.0 Å². The molecule has 1 aliphatic carbocycles. The number of imidazole rings is 1. The van der Waals surface area contributed by atoms with Crippen molar-refractivity contribution < 1.29 is 4.74 Å². The van der Waals surface area contributed by atoms with Crippen molar-refractivity contribution in [2.45, 2.75) is 45.6 Å². The molecule has 2 aromatic rings. The highest BCUT2D eigenvalue weighted by Crippen LogP contribution is 2.48. The lowest BCUT2D eigenvalue weighted by Gasteiger charge is -2.07. The molecule has 1 fully saturated rings. The van der Waals surface area contributed by atoms with E-state index in [-0.39, 0.29) is 0 Å². The topological polar surface area (TPSA) is 29.9 Å². The first-order chi connectivity index (χ1) is 9.76. The quantitative estimate of drug-likeness (QED) is 0.771. The maximum atomic E-state index is 5.82. The van der Waals surface area contributed by atoms with Crippen LogP contribution in [-0.2, 0) is 0 Å². The summed E-state index contributed by atoms with van der Waals surface area (Å²) in [6, 6.07) is 6.80. The Bertz CT molecular complexity index is 658. The standard InChI is InChI=1S/C16H22N2OS/c1-3-6-11-10-13(11)18-12-7-5-8-14(19-9-4-2)15(12)17-16(18)20/h5,7-8,11,13H,3-4,6,9-10H2,1-2H3,(H,17,20). The predicted octanol–water partition coefficient (Wildman–Crippen LogP) is 4.85. The largest absolute Gasteiger partial charge is 0.491 e. The van der Waals surface area contributed by atoms with Crippen LogP contribution in [0, 0.1) is 10.7 Å². The Morgan fingerprint density at radius 2 is 2.20 bits per heavy atom. The molecule has 1 N–H and O–H groups in total. The average molecular weight is 290 g/mol. The molecule has 1 aliphatic rings. The summed E-state index contributed by atoms with van der Waals surface area (Å²) in [7, 11) is 0. The van der Waals surface area contributed by atoms with E-state index in [1.807, 2.05) is 6.07 Å². The van der Waals surface area contributed by atoms with Gasteiger partial charge >= 0.3 is 0 Å². The van der Waals surface area contributed by atoms with Crippen LogP contribution in [0.3, 0.4) is 0 Å². The van der Waals surface area contributed by atoms with Crippen LogP contribution in [0.1, 0.15) is 45.6 Å². The minimum absolute atomic E-state index is 0.581. The molecule has 0 radical (unpaired) electrons. The van der Waals surface area contributed by atoms with Gasteiger partial charge in [0.2, 0.25) is 0 Å². The zero-order valence-corrected chi connectivity index (χ0v) is 13.0. The molecule has 0 bridgehead atoms. The second-order valence-corrected chi connectivity index (χ2v) is 6.04. The lowest BCUT2D eigenvalue weighted by molar-refractivity contribution is 0.320. The molecule has 3 nitrogen and oxygen atoms in total. The average Bonchev–Trinajstić information content (AvgIpc) is 3.10. The van der Waals surface area contributed by atoms with Gasteiger partial charge in [0.1, 0.15) is 11.3 Å². The van der Waals surface area contributed by atoms with Crippen LogP contribution in [0.15, 0.2) is 18.2 Å². The van der Waals surface area contributed by atoms with Gasteiger partial charge in [-0.05, 0) is 49.5 Å². The third kappa shape index (κ3) is 2.37. The molecule has 1 saturated carbocycles. The van der Waals surface area contributed by atoms with E-state index in [4.69, 9.17) is 17.0 Å². The molecule has 2 atom stereocenters. The van der Waals surface area contributed by atoms with Gasteiger partial charge in [0.25, 0.3) is 0 Å². The van der Waals surface area contributed by atoms with Crippen LogP contribution in [-0.4, -0.2) is 16.2 Å². The Labute approximate surface area is 125 Å². The van der Waals surface area contributed by atoms with E-state index in [1.54, 1.807) is 0 Å². The van der Waals surface area contributed by atoms with E-state index in [1.165, 1.54) is 24.8 Å². The van der Waals surface area contributed by atoms with Gasteiger partial charge < -0.3 is 14.3 Å². The van der Waals surface area contributed by atoms with Crippen molar-refractivity contribution in [3.63, 3.8) is 0 Å². The Balaban J connectivity index is 1.98. The molecule has 4 heteroatoms. The minimum Gasteiger partial charge on any atom is -0.491 e. The van der Waals surface area contributed by atoms with Crippen LogP contribution in [0.4, 0.5) is 0 Å². The lowest BCUT2D eigenvalue weighted by atomic mass is 10.2. The van der Waals surface area contributed by atoms with E-state index < -0.39 is 0 Å².